The molecule has 0 radical (unpaired) electrons. The fraction of sp³-hybridized carbons (Fsp3) is 0.412. The van der Waals surface area contributed by atoms with E-state index in [1.807, 2.05) is 37.4 Å². The first-order chi connectivity index (χ1) is 10.3. The van der Waals surface area contributed by atoms with E-state index in [-0.39, 0.29) is 0 Å². The number of anilines is 1. The van der Waals surface area contributed by atoms with Gasteiger partial charge in [-0.1, -0.05) is 18.2 Å². The lowest BCUT2D eigenvalue weighted by Crippen LogP contribution is -2.45. The highest BCUT2D eigenvalue weighted by atomic mass is 15.2. The van der Waals surface area contributed by atoms with Crippen molar-refractivity contribution in [2.24, 2.45) is 0 Å². The standard InChI is InChI=1S/C17H20N4/c1-19-12-15-7-4-5-9-21(15)17-14(11-18)10-13-6-2-3-8-16(13)20-17/h2-3,6,8,10,15,19H,4-5,7,9,12H2,1H3. The number of benzene rings is 1. The van der Waals surface area contributed by atoms with Gasteiger partial charge in [-0.25, -0.2) is 4.98 Å². The molecule has 1 saturated heterocycles. The Balaban J connectivity index is 2.07. The minimum atomic E-state index is 0.421. The summed E-state index contributed by atoms with van der Waals surface area (Å²) in [6, 6.07) is 12.7. The van der Waals surface area contributed by atoms with Gasteiger partial charge in [-0.2, -0.15) is 5.26 Å². The van der Waals surface area contributed by atoms with Crippen LogP contribution in [0.1, 0.15) is 24.8 Å². The zero-order chi connectivity index (χ0) is 14.7. The number of para-hydroxylation sites is 1. The number of likely N-dealkylation sites (N-methyl/N-ethyl adjacent to an activating group) is 1. The fourth-order valence-corrected chi connectivity index (χ4v) is 3.13. The number of nitrogens with one attached hydrogen (secondary N) is 1. The number of pyridine rings is 1. The summed E-state index contributed by atoms with van der Waals surface area (Å²) >= 11 is 0. The van der Waals surface area contributed by atoms with E-state index in [1.165, 1.54) is 12.8 Å². The number of rotatable bonds is 3. The van der Waals surface area contributed by atoms with Crippen molar-refractivity contribution < 1.29 is 0 Å². The predicted molar refractivity (Wildman–Crippen MR) is 85.4 cm³/mol. The van der Waals surface area contributed by atoms with Crippen molar-refractivity contribution in [3.8, 4) is 6.07 Å². The molecule has 0 bridgehead atoms. The average Bonchev–Trinajstić information content (AvgIpc) is 2.54. The van der Waals surface area contributed by atoms with Crippen molar-refractivity contribution in [2.45, 2.75) is 25.3 Å². The molecule has 4 nitrogen and oxygen atoms in total. The number of piperidine rings is 1. The molecule has 0 aliphatic carbocycles. The van der Waals surface area contributed by atoms with E-state index < -0.39 is 0 Å². The smallest absolute Gasteiger partial charge is 0.147 e. The number of hydrogen-bond acceptors (Lipinski definition) is 4. The van der Waals surface area contributed by atoms with Gasteiger partial charge in [0.1, 0.15) is 11.9 Å². The molecule has 21 heavy (non-hydrogen) atoms. The third-order valence-corrected chi connectivity index (χ3v) is 4.16. The zero-order valence-corrected chi connectivity index (χ0v) is 12.3. The molecular formula is C17H20N4. The maximum Gasteiger partial charge on any atom is 0.147 e. The third kappa shape index (κ3) is 2.70. The van der Waals surface area contributed by atoms with E-state index in [2.05, 4.69) is 16.3 Å². The van der Waals surface area contributed by atoms with Gasteiger partial charge in [0.15, 0.2) is 0 Å². The van der Waals surface area contributed by atoms with Gasteiger partial charge >= 0.3 is 0 Å². The summed E-state index contributed by atoms with van der Waals surface area (Å²) < 4.78 is 0. The van der Waals surface area contributed by atoms with Crippen molar-refractivity contribution in [2.75, 3.05) is 25.0 Å². The molecule has 1 N–H and O–H groups in total. The van der Waals surface area contributed by atoms with Gasteiger partial charge in [-0.05, 0) is 38.4 Å². The summed E-state index contributed by atoms with van der Waals surface area (Å²) in [4.78, 5) is 7.09. The van der Waals surface area contributed by atoms with Gasteiger partial charge in [0.25, 0.3) is 0 Å². The number of aromatic nitrogens is 1. The van der Waals surface area contributed by atoms with Gasteiger partial charge in [0.2, 0.25) is 0 Å². The van der Waals surface area contributed by atoms with Gasteiger partial charge < -0.3 is 10.2 Å². The molecule has 0 amide bonds. The minimum Gasteiger partial charge on any atom is -0.351 e. The molecule has 0 spiro atoms. The molecule has 0 saturated carbocycles. The van der Waals surface area contributed by atoms with Crippen LogP contribution < -0.4 is 10.2 Å². The van der Waals surface area contributed by atoms with Crippen LogP contribution in [0.3, 0.4) is 0 Å². The molecule has 1 aliphatic heterocycles. The number of fused-ring (bicyclic) bond motifs is 1. The first-order valence-electron chi connectivity index (χ1n) is 7.54. The van der Waals surface area contributed by atoms with Gasteiger partial charge in [-0.15, -0.1) is 0 Å². The summed E-state index contributed by atoms with van der Waals surface area (Å²) in [5.74, 6) is 0.844. The monoisotopic (exact) mass is 280 g/mol. The number of hydrogen-bond donors (Lipinski definition) is 1. The van der Waals surface area contributed by atoms with E-state index in [0.717, 1.165) is 36.2 Å². The fourth-order valence-electron chi connectivity index (χ4n) is 3.13. The molecule has 1 fully saturated rings. The molecule has 2 aromatic rings. The Labute approximate surface area is 125 Å². The van der Waals surface area contributed by atoms with Crippen molar-refractivity contribution in [1.29, 1.82) is 5.26 Å². The van der Waals surface area contributed by atoms with Crippen molar-refractivity contribution >= 4 is 16.7 Å². The lowest BCUT2D eigenvalue weighted by atomic mass is 10.0. The topological polar surface area (TPSA) is 52.0 Å². The SMILES string of the molecule is CNCC1CCCCN1c1nc2ccccc2cc1C#N. The first-order valence-corrected chi connectivity index (χ1v) is 7.54. The Morgan fingerprint density at radius 3 is 3.05 bits per heavy atom. The first kappa shape index (κ1) is 13.8. The normalized spacial score (nSPS) is 18.7. The maximum absolute atomic E-state index is 9.49. The maximum atomic E-state index is 9.49. The highest BCUT2D eigenvalue weighted by Crippen LogP contribution is 2.28. The van der Waals surface area contributed by atoms with Crippen LogP contribution in [0, 0.1) is 11.3 Å². The lowest BCUT2D eigenvalue weighted by molar-refractivity contribution is 0.443. The van der Waals surface area contributed by atoms with E-state index in [1.54, 1.807) is 0 Å². The summed E-state index contributed by atoms with van der Waals surface area (Å²) in [6.07, 6.45) is 3.57. The van der Waals surface area contributed by atoms with Crippen molar-refractivity contribution in [3.05, 3.63) is 35.9 Å². The zero-order valence-electron chi connectivity index (χ0n) is 12.3. The highest BCUT2D eigenvalue weighted by Gasteiger charge is 2.25. The Bertz CT molecular complexity index is 672. The summed E-state index contributed by atoms with van der Waals surface area (Å²) in [5, 5.41) is 13.8. The predicted octanol–water partition coefficient (Wildman–Crippen LogP) is 2.68. The second kappa shape index (κ2) is 6.11. The van der Waals surface area contributed by atoms with E-state index >= 15 is 0 Å². The van der Waals surface area contributed by atoms with Crippen LogP contribution in [0.4, 0.5) is 5.82 Å². The lowest BCUT2D eigenvalue weighted by Gasteiger charge is -2.37. The van der Waals surface area contributed by atoms with Crippen LogP contribution in [0.15, 0.2) is 30.3 Å². The quantitative estimate of drug-likeness (QED) is 0.939. The van der Waals surface area contributed by atoms with Gasteiger partial charge in [-0.3, -0.25) is 0 Å². The largest absolute Gasteiger partial charge is 0.351 e. The molecule has 1 unspecified atom stereocenters. The highest BCUT2D eigenvalue weighted by molar-refractivity contribution is 5.83. The van der Waals surface area contributed by atoms with E-state index in [0.29, 0.717) is 11.6 Å². The third-order valence-electron chi connectivity index (χ3n) is 4.16. The summed E-state index contributed by atoms with van der Waals surface area (Å²) in [6.45, 7) is 1.91. The number of nitrogens with zero attached hydrogens (tertiary/aromatic N) is 3. The summed E-state index contributed by atoms with van der Waals surface area (Å²) in [5.41, 5.74) is 1.64. The molecular weight excluding hydrogens is 260 g/mol. The summed E-state index contributed by atoms with van der Waals surface area (Å²) in [7, 11) is 1.98. The second-order valence-electron chi connectivity index (χ2n) is 5.56. The molecule has 1 aromatic carbocycles. The second-order valence-corrected chi connectivity index (χ2v) is 5.56. The van der Waals surface area contributed by atoms with Crippen molar-refractivity contribution in [3.63, 3.8) is 0 Å². The molecule has 1 aromatic heterocycles. The van der Waals surface area contributed by atoms with Gasteiger partial charge in [0, 0.05) is 24.5 Å². The Morgan fingerprint density at radius 2 is 2.24 bits per heavy atom. The van der Waals surface area contributed by atoms with Crippen LogP contribution in [0.2, 0.25) is 0 Å². The number of nitriles is 1. The average molecular weight is 280 g/mol. The Kier molecular flexibility index (Phi) is 4.03. The Hall–Kier alpha value is -2.12. The van der Waals surface area contributed by atoms with E-state index in [4.69, 9.17) is 4.98 Å². The molecule has 108 valence electrons. The van der Waals surface area contributed by atoms with Crippen LogP contribution in [-0.2, 0) is 0 Å². The molecule has 1 atom stereocenters. The van der Waals surface area contributed by atoms with Crippen LogP contribution in [-0.4, -0.2) is 31.2 Å². The van der Waals surface area contributed by atoms with Crippen molar-refractivity contribution in [1.82, 2.24) is 10.3 Å². The Morgan fingerprint density at radius 1 is 1.38 bits per heavy atom. The van der Waals surface area contributed by atoms with Crippen LogP contribution in [0.5, 0.6) is 0 Å². The van der Waals surface area contributed by atoms with Crippen LogP contribution >= 0.6 is 0 Å². The van der Waals surface area contributed by atoms with Crippen LogP contribution in [0.25, 0.3) is 10.9 Å². The van der Waals surface area contributed by atoms with Gasteiger partial charge in [0.05, 0.1) is 11.1 Å². The molecule has 2 heterocycles. The molecule has 3 rings (SSSR count). The molecule has 4 heteroatoms. The van der Waals surface area contributed by atoms with E-state index in [9.17, 15) is 5.26 Å². The molecule has 1 aliphatic rings. The minimum absolute atomic E-state index is 0.421.